The molecule has 0 radical (unpaired) electrons. The first-order valence-electron chi connectivity index (χ1n) is 16.5. The molecular formula is C41H40N4O5. The number of hydrogen-bond acceptors (Lipinski definition) is 5. The van der Waals surface area contributed by atoms with E-state index in [0.717, 1.165) is 22.3 Å². The lowest BCUT2D eigenvalue weighted by Gasteiger charge is -2.31. The van der Waals surface area contributed by atoms with Gasteiger partial charge in [-0.1, -0.05) is 114 Å². The first-order valence-corrected chi connectivity index (χ1v) is 16.5. The van der Waals surface area contributed by atoms with Crippen molar-refractivity contribution in [2.24, 2.45) is 0 Å². The van der Waals surface area contributed by atoms with Crippen molar-refractivity contribution < 1.29 is 23.9 Å². The van der Waals surface area contributed by atoms with E-state index in [1.54, 1.807) is 47.4 Å². The summed E-state index contributed by atoms with van der Waals surface area (Å²) in [5.74, 6) is -0.917. The number of para-hydroxylation sites is 1. The maximum Gasteiger partial charge on any atom is 0.320 e. The number of aryl methyl sites for hydroxylation is 2. The Labute approximate surface area is 292 Å². The first-order chi connectivity index (χ1) is 24.3. The fourth-order valence-electron chi connectivity index (χ4n) is 5.95. The predicted molar refractivity (Wildman–Crippen MR) is 194 cm³/mol. The molecule has 0 spiro atoms. The number of rotatable bonds is 13. The van der Waals surface area contributed by atoms with Gasteiger partial charge in [0.05, 0.1) is 31.9 Å². The van der Waals surface area contributed by atoms with Gasteiger partial charge in [-0.15, -0.1) is 0 Å². The van der Waals surface area contributed by atoms with Crippen molar-refractivity contribution in [2.75, 3.05) is 22.1 Å². The lowest BCUT2D eigenvalue weighted by molar-refractivity contribution is -0.153. The third-order valence-electron chi connectivity index (χ3n) is 8.55. The van der Waals surface area contributed by atoms with Gasteiger partial charge in [0.15, 0.2) is 11.8 Å². The van der Waals surface area contributed by atoms with Gasteiger partial charge in [0, 0.05) is 16.9 Å². The number of hydrogen-bond donors (Lipinski definition) is 3. The lowest BCUT2D eigenvalue weighted by Crippen LogP contribution is -2.56. The van der Waals surface area contributed by atoms with Crippen molar-refractivity contribution >= 4 is 34.9 Å². The second-order valence-electron chi connectivity index (χ2n) is 12.4. The van der Waals surface area contributed by atoms with Crippen molar-refractivity contribution in [3.05, 3.63) is 161 Å². The second kappa shape index (κ2) is 15.6. The third-order valence-corrected chi connectivity index (χ3v) is 8.55. The molecule has 9 heteroatoms. The summed E-state index contributed by atoms with van der Waals surface area (Å²) in [7, 11) is 0. The minimum Gasteiger partial charge on any atom is -0.346 e. The average Bonchev–Trinajstić information content (AvgIpc) is 3.34. The first kappa shape index (κ1) is 34.1. The molecular weight excluding hydrogens is 628 g/mol. The van der Waals surface area contributed by atoms with Crippen LogP contribution >= 0.6 is 0 Å². The molecule has 1 aliphatic rings. The van der Waals surface area contributed by atoms with Crippen molar-refractivity contribution in [3.63, 3.8) is 0 Å². The Morgan fingerprint density at radius 2 is 1.16 bits per heavy atom. The van der Waals surface area contributed by atoms with Crippen molar-refractivity contribution in [1.82, 2.24) is 5.32 Å². The van der Waals surface area contributed by atoms with Gasteiger partial charge in [0.1, 0.15) is 0 Å². The molecule has 0 fully saturated rings. The van der Waals surface area contributed by atoms with E-state index in [9.17, 15) is 14.4 Å². The molecule has 9 nitrogen and oxygen atoms in total. The standard InChI is InChI=1S/C41H40N4O5/c1-29-17-21-33(22-18-29)42-37(46)25-41(44-40(48)43-34-23-19-30(2)20-24-34)35-15-9-10-16-36(35)45(39(41)47)26-38(49-27-31-11-5-3-6-12-31)50-28-32-13-7-4-8-14-32/h3-24,38H,25-28H2,1-2H3,(H,42,46)(H2,43,44,48). The summed E-state index contributed by atoms with van der Waals surface area (Å²) in [6, 6.07) is 40.7. The zero-order chi connectivity index (χ0) is 34.9. The van der Waals surface area contributed by atoms with Crippen LogP contribution in [0.4, 0.5) is 21.9 Å². The molecule has 1 unspecified atom stereocenters. The molecule has 0 saturated heterocycles. The van der Waals surface area contributed by atoms with E-state index in [0.29, 0.717) is 22.6 Å². The molecule has 3 N–H and O–H groups in total. The minimum absolute atomic E-state index is 0.0120. The number of ether oxygens (including phenoxy) is 2. The molecule has 50 heavy (non-hydrogen) atoms. The highest BCUT2D eigenvalue weighted by molar-refractivity contribution is 6.12. The van der Waals surface area contributed by atoms with Gasteiger partial charge < -0.3 is 30.3 Å². The molecule has 0 saturated carbocycles. The highest BCUT2D eigenvalue weighted by Gasteiger charge is 2.53. The van der Waals surface area contributed by atoms with Crippen LogP contribution in [0, 0.1) is 13.8 Å². The zero-order valence-electron chi connectivity index (χ0n) is 28.1. The van der Waals surface area contributed by atoms with E-state index >= 15 is 0 Å². The van der Waals surface area contributed by atoms with Crippen molar-refractivity contribution in [2.45, 2.75) is 45.3 Å². The maximum atomic E-state index is 14.8. The second-order valence-corrected chi connectivity index (χ2v) is 12.4. The van der Waals surface area contributed by atoms with Gasteiger partial charge in [0.25, 0.3) is 5.91 Å². The van der Waals surface area contributed by atoms with Crippen LogP contribution in [0.5, 0.6) is 0 Å². The Morgan fingerprint density at radius 1 is 0.660 bits per heavy atom. The molecule has 6 rings (SSSR count). The predicted octanol–water partition coefficient (Wildman–Crippen LogP) is 7.46. The van der Waals surface area contributed by atoms with Crippen LogP contribution in [-0.2, 0) is 37.8 Å². The number of carbonyl (C=O) groups excluding carboxylic acids is 3. The number of nitrogens with zero attached hydrogens (tertiary/aromatic N) is 1. The van der Waals surface area contributed by atoms with Crippen LogP contribution in [0.1, 0.15) is 34.2 Å². The molecule has 1 atom stereocenters. The minimum atomic E-state index is -1.73. The van der Waals surface area contributed by atoms with Crippen LogP contribution < -0.4 is 20.9 Å². The number of carbonyl (C=O) groups is 3. The van der Waals surface area contributed by atoms with Gasteiger partial charge in [0.2, 0.25) is 5.91 Å². The smallest absolute Gasteiger partial charge is 0.320 e. The van der Waals surface area contributed by atoms with E-state index in [4.69, 9.17) is 9.47 Å². The van der Waals surface area contributed by atoms with Crippen molar-refractivity contribution in [3.8, 4) is 0 Å². The van der Waals surface area contributed by atoms with Gasteiger partial charge in [-0.25, -0.2) is 4.79 Å². The topological polar surface area (TPSA) is 109 Å². The van der Waals surface area contributed by atoms with Gasteiger partial charge in [-0.05, 0) is 55.3 Å². The van der Waals surface area contributed by atoms with Gasteiger partial charge in [-0.3, -0.25) is 9.59 Å². The van der Waals surface area contributed by atoms with E-state index in [2.05, 4.69) is 16.0 Å². The Balaban J connectivity index is 1.31. The molecule has 4 amide bonds. The normalized spacial score (nSPS) is 15.1. The van der Waals surface area contributed by atoms with Crippen LogP contribution in [-0.4, -0.2) is 30.7 Å². The number of nitrogens with one attached hydrogen (secondary N) is 3. The Hall–Kier alpha value is -5.77. The summed E-state index contributed by atoms with van der Waals surface area (Å²) in [5, 5.41) is 8.66. The Kier molecular flexibility index (Phi) is 10.7. The monoisotopic (exact) mass is 668 g/mol. The third kappa shape index (κ3) is 8.26. The molecule has 1 aliphatic heterocycles. The van der Waals surface area contributed by atoms with Gasteiger partial charge >= 0.3 is 6.03 Å². The average molecular weight is 669 g/mol. The Morgan fingerprint density at radius 3 is 1.72 bits per heavy atom. The zero-order valence-corrected chi connectivity index (χ0v) is 28.1. The van der Waals surface area contributed by atoms with E-state index in [1.807, 2.05) is 105 Å². The van der Waals surface area contributed by atoms with Crippen LogP contribution in [0.15, 0.2) is 133 Å². The number of anilines is 3. The Bertz CT molecular complexity index is 1810. The molecule has 0 aliphatic carbocycles. The number of fused-ring (bicyclic) bond motifs is 1. The summed E-state index contributed by atoms with van der Waals surface area (Å²) in [5.41, 5.74) is 4.42. The van der Waals surface area contributed by atoms with E-state index < -0.39 is 29.7 Å². The van der Waals surface area contributed by atoms with E-state index in [-0.39, 0.29) is 26.2 Å². The quantitative estimate of drug-likeness (QED) is 0.113. The molecule has 0 aromatic heterocycles. The fourth-order valence-corrected chi connectivity index (χ4v) is 5.95. The summed E-state index contributed by atoms with van der Waals surface area (Å²) < 4.78 is 12.6. The summed E-state index contributed by atoms with van der Waals surface area (Å²) >= 11 is 0. The summed E-state index contributed by atoms with van der Waals surface area (Å²) in [6.45, 7) is 4.43. The molecule has 5 aromatic rings. The highest BCUT2D eigenvalue weighted by atomic mass is 16.7. The molecule has 0 bridgehead atoms. The number of urea groups is 1. The lowest BCUT2D eigenvalue weighted by atomic mass is 9.87. The van der Waals surface area contributed by atoms with E-state index in [1.165, 1.54) is 0 Å². The molecule has 5 aromatic carbocycles. The summed E-state index contributed by atoms with van der Waals surface area (Å²) in [6.07, 6.45) is -1.19. The van der Waals surface area contributed by atoms with Crippen molar-refractivity contribution in [1.29, 1.82) is 0 Å². The summed E-state index contributed by atoms with van der Waals surface area (Å²) in [4.78, 5) is 43.8. The van der Waals surface area contributed by atoms with Crippen LogP contribution in [0.2, 0.25) is 0 Å². The molecule has 1 heterocycles. The largest absolute Gasteiger partial charge is 0.346 e. The van der Waals surface area contributed by atoms with Gasteiger partial charge in [-0.2, -0.15) is 0 Å². The van der Waals surface area contributed by atoms with Crippen LogP contribution in [0.25, 0.3) is 0 Å². The number of benzene rings is 5. The maximum absolute atomic E-state index is 14.8. The van der Waals surface area contributed by atoms with Crippen LogP contribution in [0.3, 0.4) is 0 Å². The SMILES string of the molecule is Cc1ccc(NC(=O)CC2(NC(=O)Nc3ccc(C)cc3)C(=O)N(CC(OCc3ccccc3)OCc3ccccc3)c3ccccc32)cc1. The molecule has 254 valence electrons. The number of amides is 4. The highest BCUT2D eigenvalue weighted by Crippen LogP contribution is 2.43. The fraction of sp³-hybridized carbons (Fsp3) is 0.195.